The van der Waals surface area contributed by atoms with Crippen molar-refractivity contribution in [3.63, 3.8) is 0 Å². The number of carbonyl (C=O) groups excluding carboxylic acids is 3. The predicted octanol–water partition coefficient (Wildman–Crippen LogP) is 12.3. The number of urea groups is 3. The highest BCUT2D eigenvalue weighted by Gasteiger charge is 2.60. The number of amides is 6. The molecule has 3 spiro atoms. The Kier molecular flexibility index (Phi) is 20.0. The van der Waals surface area contributed by atoms with Crippen LogP contribution < -0.4 is 15.4 Å². The van der Waals surface area contributed by atoms with E-state index in [1.54, 1.807) is 72.9 Å². The normalized spacial score (nSPS) is 25.9. The maximum absolute atomic E-state index is 14.1. The highest BCUT2D eigenvalue weighted by molar-refractivity contribution is 7.90. The number of sulfonamides is 2. The van der Waals surface area contributed by atoms with Gasteiger partial charge in [0, 0.05) is 61.7 Å². The van der Waals surface area contributed by atoms with Crippen LogP contribution in [0, 0.1) is 13.8 Å². The van der Waals surface area contributed by atoms with Crippen molar-refractivity contribution in [1.82, 2.24) is 48.7 Å². The molecule has 3 aliphatic heterocycles. The Balaban J connectivity index is 0.000000149. The third kappa shape index (κ3) is 13.4. The standard InChI is InChI=1S/C31H37N3O4S.C23H29N3O3S.C22H28N4O/c1-24-10-16-28(17-11-24)39(36,37)34-29(35)33(22-25-12-14-27(38-4)15-13-25)23-30(34)18-20-31(21-19-30,32(2)3)26-8-6-5-7-9-26;1-18-9-11-20(12-10-18)30(28,29)26-21(27)24-17-22(26)13-15-23(16-14-22,25(2)3)19-7-5-4-6-8-19;1-25(2)22(19-6-4-3-5-7-19)12-10-21(11-13-22)17-26(20(27)24-21)16-18-8-14-23-15-9-18/h5-17H,18-23H2,1-4H3;4-12H,13-17H2,1-3H3,(H,24,27);3-9,14-15H,10-13,16-17H2,1-2H3,(H,24,27). The second-order valence-electron chi connectivity index (χ2n) is 28.1. The Hall–Kier alpha value is -8.14. The lowest BCUT2D eigenvalue weighted by molar-refractivity contribution is 0.0447. The van der Waals surface area contributed by atoms with Crippen molar-refractivity contribution in [2.45, 2.75) is 147 Å². The number of ether oxygens (including phenoxy) is 1. The summed E-state index contributed by atoms with van der Waals surface area (Å²) in [4.78, 5) is 54.2. The highest BCUT2D eigenvalue weighted by Crippen LogP contribution is 2.52. The zero-order valence-corrected chi connectivity index (χ0v) is 58.7. The van der Waals surface area contributed by atoms with Crippen LogP contribution >= 0.6 is 0 Å². The van der Waals surface area contributed by atoms with Crippen LogP contribution in [0.3, 0.4) is 0 Å². The van der Waals surface area contributed by atoms with Crippen LogP contribution in [0.5, 0.6) is 5.75 Å². The van der Waals surface area contributed by atoms with Gasteiger partial charge in [0.25, 0.3) is 20.0 Å². The third-order valence-corrected chi connectivity index (χ3v) is 25.8. The van der Waals surface area contributed by atoms with Gasteiger partial charge in [-0.3, -0.25) is 19.7 Å². The summed E-state index contributed by atoms with van der Waals surface area (Å²) >= 11 is 0. The van der Waals surface area contributed by atoms with Gasteiger partial charge in [-0.1, -0.05) is 139 Å². The first-order valence-corrected chi connectivity index (χ1v) is 36.3. The van der Waals surface area contributed by atoms with Crippen molar-refractivity contribution in [3.8, 4) is 5.75 Å². The molecule has 6 fully saturated rings. The van der Waals surface area contributed by atoms with Gasteiger partial charge in [-0.25, -0.2) is 39.8 Å². The van der Waals surface area contributed by atoms with E-state index in [2.05, 4.69) is 139 Å². The minimum atomic E-state index is -4.06. The number of pyridine rings is 1. The van der Waals surface area contributed by atoms with Crippen LogP contribution in [0.4, 0.5) is 14.4 Å². The van der Waals surface area contributed by atoms with Crippen LogP contribution in [-0.4, -0.2) is 159 Å². The van der Waals surface area contributed by atoms with E-state index in [0.717, 1.165) is 90.2 Å². The summed E-state index contributed by atoms with van der Waals surface area (Å²) < 4.78 is 62.8. The number of aryl methyl sites for hydroxylation is 2. The first kappa shape index (κ1) is 69.2. The topological polar surface area (TPSA) is 188 Å². The van der Waals surface area contributed by atoms with Crippen molar-refractivity contribution in [1.29, 1.82) is 0 Å². The molecule has 13 rings (SSSR count). The Labute approximate surface area is 568 Å². The van der Waals surface area contributed by atoms with Crippen LogP contribution in [-0.2, 0) is 49.8 Å². The fraction of sp³-hybridized carbons (Fsp3) is 0.421. The maximum Gasteiger partial charge on any atom is 0.334 e. The number of rotatable bonds is 15. The molecule has 2 N–H and O–H groups in total. The van der Waals surface area contributed by atoms with Crippen molar-refractivity contribution in [2.24, 2.45) is 0 Å². The number of hydrogen-bond donors (Lipinski definition) is 2. The van der Waals surface area contributed by atoms with Crippen LogP contribution in [0.15, 0.2) is 198 Å². The Morgan fingerprint density at radius 2 is 0.844 bits per heavy atom. The number of hydrogen-bond acceptors (Lipinski definition) is 12. The number of nitrogens with one attached hydrogen (secondary N) is 2. The van der Waals surface area contributed by atoms with E-state index >= 15 is 0 Å². The lowest BCUT2D eigenvalue weighted by Gasteiger charge is -2.50. The van der Waals surface area contributed by atoms with E-state index in [0.29, 0.717) is 51.9 Å². The summed E-state index contributed by atoms with van der Waals surface area (Å²) in [7, 11) is 6.29. The Morgan fingerprint density at radius 3 is 1.27 bits per heavy atom. The Morgan fingerprint density at radius 1 is 0.448 bits per heavy atom. The third-order valence-electron chi connectivity index (χ3n) is 22.0. The molecule has 3 aliphatic carbocycles. The average Bonchev–Trinajstić information content (AvgIpc) is 1.49. The van der Waals surface area contributed by atoms with Crippen LogP contribution in [0.2, 0.25) is 0 Å². The number of methoxy groups -OCH3 is 1. The van der Waals surface area contributed by atoms with Crippen molar-refractivity contribution < 1.29 is 36.0 Å². The van der Waals surface area contributed by atoms with Gasteiger partial charge in [0.05, 0.1) is 33.5 Å². The summed E-state index contributed by atoms with van der Waals surface area (Å²) in [5, 5.41) is 6.13. The minimum Gasteiger partial charge on any atom is -0.497 e. The number of aromatic nitrogens is 1. The van der Waals surface area contributed by atoms with E-state index in [9.17, 15) is 31.2 Å². The van der Waals surface area contributed by atoms with Crippen LogP contribution in [0.25, 0.3) is 0 Å². The molecule has 0 radical (unpaired) electrons. The second-order valence-corrected chi connectivity index (χ2v) is 31.6. The summed E-state index contributed by atoms with van der Waals surface area (Å²) in [6.45, 7) is 6.31. The van der Waals surface area contributed by atoms with Gasteiger partial charge in [0.1, 0.15) is 5.75 Å². The minimum absolute atomic E-state index is 0.0513. The fourth-order valence-electron chi connectivity index (χ4n) is 16.1. The molecule has 18 nitrogen and oxygen atoms in total. The van der Waals surface area contributed by atoms with Gasteiger partial charge in [0.2, 0.25) is 0 Å². The number of carbonyl (C=O) groups is 3. The van der Waals surface area contributed by atoms with E-state index in [1.165, 1.54) is 21.0 Å². The van der Waals surface area contributed by atoms with Gasteiger partial charge in [-0.15, -0.1) is 0 Å². The zero-order chi connectivity index (χ0) is 68.3. The lowest BCUT2D eigenvalue weighted by atomic mass is 9.69. The summed E-state index contributed by atoms with van der Waals surface area (Å²) in [5.74, 6) is 0.736. The lowest BCUT2D eigenvalue weighted by Crippen LogP contribution is -2.56. The van der Waals surface area contributed by atoms with Crippen molar-refractivity contribution in [2.75, 3.05) is 69.0 Å². The number of nitrogens with zero attached hydrogens (tertiary/aromatic N) is 8. The van der Waals surface area contributed by atoms with Gasteiger partial charge >= 0.3 is 18.1 Å². The maximum atomic E-state index is 14.1. The molecule has 96 heavy (non-hydrogen) atoms. The predicted molar refractivity (Wildman–Crippen MR) is 375 cm³/mol. The average molecular weight is 1340 g/mol. The molecule has 508 valence electrons. The monoisotopic (exact) mass is 1340 g/mol. The first-order valence-electron chi connectivity index (χ1n) is 33.4. The molecule has 6 aliphatic rings. The Bertz CT molecular complexity index is 4050. The summed E-state index contributed by atoms with van der Waals surface area (Å²) in [6, 6.07) is 55.6. The molecule has 4 heterocycles. The highest BCUT2D eigenvalue weighted by atomic mass is 32.2. The SMILES string of the molecule is CN(C)C1(c2ccccc2)CCC2(CC1)CN(Cc1ccncc1)C(=O)N2.COc1ccc(CN2CC3(CCC(c4ccccc4)(N(C)C)CC3)N(S(=O)(=O)c3ccc(C)cc3)C2=O)cc1.Cc1ccc(S(=O)(=O)N2C(=O)NCC23CCC(c2ccccc2)(N(C)C)CC3)cc1. The molecule has 0 bridgehead atoms. The van der Waals surface area contributed by atoms with Crippen LogP contribution in [0.1, 0.15) is 116 Å². The quantitative estimate of drug-likeness (QED) is 0.0990. The van der Waals surface area contributed by atoms with Gasteiger partial charge in [0.15, 0.2) is 0 Å². The van der Waals surface area contributed by atoms with E-state index in [4.69, 9.17) is 4.74 Å². The second kappa shape index (κ2) is 27.8. The smallest absolute Gasteiger partial charge is 0.334 e. The molecule has 0 unspecified atom stereocenters. The van der Waals surface area contributed by atoms with Gasteiger partial charge in [-0.05, 0) is 210 Å². The molecule has 6 amide bonds. The van der Waals surface area contributed by atoms with Gasteiger partial charge < -0.3 is 25.2 Å². The van der Waals surface area contributed by atoms with E-state index in [-0.39, 0.29) is 38.0 Å². The van der Waals surface area contributed by atoms with Gasteiger partial charge in [-0.2, -0.15) is 0 Å². The fourth-order valence-corrected chi connectivity index (χ4v) is 19.6. The first-order chi connectivity index (χ1) is 45.9. The molecule has 3 saturated carbocycles. The molecule has 6 aromatic carbocycles. The molecular weight excluding hydrogens is 1250 g/mol. The largest absolute Gasteiger partial charge is 0.497 e. The van der Waals surface area contributed by atoms with E-state index < -0.39 is 43.2 Å². The molecule has 1 aromatic heterocycles. The van der Waals surface area contributed by atoms with E-state index in [1.807, 2.05) is 79.4 Å². The molecular formula is C76H94N10O8S2. The molecule has 7 aromatic rings. The van der Waals surface area contributed by atoms with Crippen molar-refractivity contribution >= 4 is 38.1 Å². The molecule has 20 heteroatoms. The van der Waals surface area contributed by atoms with Crippen molar-refractivity contribution in [3.05, 3.63) is 227 Å². The molecule has 0 atom stereocenters. The summed E-state index contributed by atoms with van der Waals surface area (Å²) in [5.41, 5.74) is 5.84. The summed E-state index contributed by atoms with van der Waals surface area (Å²) in [6.07, 6.45) is 13.1. The number of benzene rings is 6. The molecule has 3 saturated heterocycles. The zero-order valence-electron chi connectivity index (χ0n) is 57.1.